The number of carbonyl (C=O) groups excluding carboxylic acids is 6. The molecule has 0 fully saturated rings. The van der Waals surface area contributed by atoms with Crippen molar-refractivity contribution >= 4 is 52.3 Å². The van der Waals surface area contributed by atoms with E-state index in [1.807, 2.05) is 0 Å². The van der Waals surface area contributed by atoms with Crippen LogP contribution in [0.2, 0.25) is 0 Å². The van der Waals surface area contributed by atoms with E-state index < -0.39 is 53.1 Å². The van der Waals surface area contributed by atoms with E-state index in [2.05, 4.69) is 26.3 Å². The fraction of sp³-hybridized carbons (Fsp3) is 0.300. The number of aldehydes is 1. The predicted octanol–water partition coefficient (Wildman–Crippen LogP) is 0.00970. The van der Waals surface area contributed by atoms with Crippen molar-refractivity contribution in [1.29, 1.82) is 0 Å². The van der Waals surface area contributed by atoms with Crippen LogP contribution in [0.4, 0.5) is 5.13 Å². The van der Waals surface area contributed by atoms with Crippen molar-refractivity contribution in [3.8, 4) is 5.75 Å². The van der Waals surface area contributed by atoms with E-state index in [9.17, 15) is 33.9 Å². The quantitative estimate of drug-likeness (QED) is 0.105. The summed E-state index contributed by atoms with van der Waals surface area (Å²) in [5, 5.41) is 20.2. The van der Waals surface area contributed by atoms with Crippen LogP contribution in [0.15, 0.2) is 60.8 Å². The number of nitrogens with zero attached hydrogens (tertiary/aromatic N) is 1. The number of hydrogen-bond acceptors (Lipinski definition) is 10. The molecule has 14 nitrogen and oxygen atoms in total. The number of nitrogens with two attached hydrogens (primary N) is 2. The molecule has 0 radical (unpaired) electrons. The smallest absolute Gasteiger partial charge is 0.244 e. The molecule has 0 saturated heterocycles. The minimum absolute atomic E-state index is 0.0309. The Morgan fingerprint density at radius 1 is 0.956 bits per heavy atom. The van der Waals surface area contributed by atoms with Crippen LogP contribution in [0.25, 0.3) is 0 Å². The summed E-state index contributed by atoms with van der Waals surface area (Å²) in [5.41, 5.74) is 10.6. The van der Waals surface area contributed by atoms with Crippen molar-refractivity contribution in [3.05, 3.63) is 76.8 Å². The van der Waals surface area contributed by atoms with Crippen molar-refractivity contribution in [2.24, 2.45) is 17.4 Å². The zero-order valence-corrected chi connectivity index (χ0v) is 25.4. The number of carbonyl (C=O) groups is 6. The summed E-state index contributed by atoms with van der Waals surface area (Å²) < 4.78 is 0. The number of thiazole rings is 1. The molecule has 1 heterocycles. The molecule has 238 valence electrons. The number of primary amides is 2. The van der Waals surface area contributed by atoms with Crippen LogP contribution in [-0.4, -0.2) is 70.1 Å². The lowest BCUT2D eigenvalue weighted by atomic mass is 9.78. The number of rotatable bonds is 16. The summed E-state index contributed by atoms with van der Waals surface area (Å²) in [6, 6.07) is 12.3. The first-order chi connectivity index (χ1) is 21.3. The maximum absolute atomic E-state index is 13.5. The Kier molecular flexibility index (Phi) is 11.7. The van der Waals surface area contributed by atoms with Crippen molar-refractivity contribution in [2.75, 3.05) is 11.9 Å². The third-order valence-electron chi connectivity index (χ3n) is 7.09. The van der Waals surface area contributed by atoms with Gasteiger partial charge in [-0.2, -0.15) is 0 Å². The SMILES string of the molecule is C[C@H](NC(=O)[C@@H](C)C(Cc1ccccc1)(NC(=O)CNc1ncc(C=O)s1)C(N)=O)C(=O)N[C@@H](Cc1ccc(O)cc1)C(N)=O. The molecule has 45 heavy (non-hydrogen) atoms. The van der Waals surface area contributed by atoms with Gasteiger partial charge in [-0.1, -0.05) is 60.7 Å². The summed E-state index contributed by atoms with van der Waals surface area (Å²) in [5.74, 6) is -5.22. The third-order valence-corrected chi connectivity index (χ3v) is 7.97. The number of anilines is 1. The van der Waals surface area contributed by atoms with Crippen LogP contribution in [0.1, 0.15) is 34.6 Å². The Bertz CT molecular complexity index is 1530. The van der Waals surface area contributed by atoms with Crippen LogP contribution in [0.3, 0.4) is 0 Å². The maximum Gasteiger partial charge on any atom is 0.244 e. The minimum Gasteiger partial charge on any atom is -0.508 e. The first kappa shape index (κ1) is 34.2. The van der Waals surface area contributed by atoms with Crippen molar-refractivity contribution in [3.63, 3.8) is 0 Å². The van der Waals surface area contributed by atoms with Gasteiger partial charge in [0.05, 0.1) is 23.5 Å². The molecule has 4 atom stereocenters. The fourth-order valence-corrected chi connectivity index (χ4v) is 5.10. The lowest BCUT2D eigenvalue weighted by molar-refractivity contribution is -0.140. The first-order valence-electron chi connectivity index (χ1n) is 13.8. The van der Waals surface area contributed by atoms with Crippen LogP contribution in [0, 0.1) is 5.92 Å². The van der Waals surface area contributed by atoms with E-state index in [4.69, 9.17) is 11.5 Å². The molecule has 9 N–H and O–H groups in total. The average molecular weight is 638 g/mol. The van der Waals surface area contributed by atoms with Gasteiger partial charge in [0.1, 0.15) is 23.4 Å². The van der Waals surface area contributed by atoms with Gasteiger partial charge in [0.25, 0.3) is 0 Å². The van der Waals surface area contributed by atoms with Crippen LogP contribution < -0.4 is 32.7 Å². The topological polar surface area (TPSA) is 236 Å². The Morgan fingerprint density at radius 3 is 2.20 bits per heavy atom. The molecule has 0 aliphatic rings. The molecule has 2 aromatic carbocycles. The van der Waals surface area contributed by atoms with E-state index in [-0.39, 0.29) is 25.1 Å². The Morgan fingerprint density at radius 2 is 1.62 bits per heavy atom. The van der Waals surface area contributed by atoms with Gasteiger partial charge in [0, 0.05) is 12.8 Å². The average Bonchev–Trinajstić information content (AvgIpc) is 3.48. The summed E-state index contributed by atoms with van der Waals surface area (Å²) in [6.07, 6.45) is 1.85. The number of nitrogens with one attached hydrogen (secondary N) is 4. The Hall–Kier alpha value is -5.31. The lowest BCUT2D eigenvalue weighted by Gasteiger charge is -2.37. The largest absolute Gasteiger partial charge is 0.508 e. The highest BCUT2D eigenvalue weighted by Crippen LogP contribution is 2.24. The lowest BCUT2D eigenvalue weighted by Crippen LogP contribution is -2.66. The van der Waals surface area contributed by atoms with Crippen LogP contribution in [0.5, 0.6) is 5.75 Å². The molecular formula is C30H35N7O7S. The second-order valence-electron chi connectivity index (χ2n) is 10.4. The second kappa shape index (κ2) is 15.4. The first-order valence-corrected chi connectivity index (χ1v) is 14.6. The number of amides is 5. The molecule has 0 aliphatic carbocycles. The van der Waals surface area contributed by atoms with Gasteiger partial charge in [-0.15, -0.1) is 0 Å². The Balaban J connectivity index is 1.76. The minimum atomic E-state index is -1.92. The van der Waals surface area contributed by atoms with Gasteiger partial charge in [-0.25, -0.2) is 4.98 Å². The van der Waals surface area contributed by atoms with Gasteiger partial charge in [-0.3, -0.25) is 28.8 Å². The second-order valence-corrected chi connectivity index (χ2v) is 11.4. The number of benzene rings is 2. The van der Waals surface area contributed by atoms with Gasteiger partial charge in [0.2, 0.25) is 29.5 Å². The normalized spacial score (nSPS) is 14.1. The fourth-order valence-electron chi connectivity index (χ4n) is 4.47. The number of hydrogen-bond donors (Lipinski definition) is 7. The van der Waals surface area contributed by atoms with E-state index in [1.54, 1.807) is 42.5 Å². The van der Waals surface area contributed by atoms with Gasteiger partial charge < -0.3 is 37.8 Å². The number of aromatic nitrogens is 1. The summed E-state index contributed by atoms with van der Waals surface area (Å²) >= 11 is 1.03. The van der Waals surface area contributed by atoms with E-state index >= 15 is 0 Å². The summed E-state index contributed by atoms with van der Waals surface area (Å²) in [7, 11) is 0. The van der Waals surface area contributed by atoms with Crippen LogP contribution in [-0.2, 0) is 36.8 Å². The highest BCUT2D eigenvalue weighted by Gasteiger charge is 2.47. The molecule has 1 aromatic heterocycles. The number of phenolic OH excluding ortho intramolecular Hbond substituents is 1. The number of aromatic hydroxyl groups is 1. The van der Waals surface area contributed by atoms with Gasteiger partial charge >= 0.3 is 0 Å². The monoisotopic (exact) mass is 637 g/mol. The van der Waals surface area contributed by atoms with Gasteiger partial charge in [-0.05, 0) is 30.2 Å². The third kappa shape index (κ3) is 9.34. The number of phenols is 1. The highest BCUT2D eigenvalue weighted by molar-refractivity contribution is 7.17. The molecule has 0 saturated carbocycles. The molecule has 15 heteroatoms. The van der Waals surface area contributed by atoms with Crippen LogP contribution >= 0.6 is 11.3 Å². The van der Waals surface area contributed by atoms with Gasteiger partial charge in [0.15, 0.2) is 11.4 Å². The van der Waals surface area contributed by atoms with Crippen molar-refractivity contribution < 1.29 is 33.9 Å². The standard InChI is InChI=1S/C30H35N7O7S/c1-17(26(42)35-18(2)27(43)36-23(25(31)41)12-19-8-10-21(39)11-9-19)30(28(32)44,13-20-6-4-3-5-7-20)37-24(40)15-34-29-33-14-22(16-38)45-29/h3-11,14,16-18,23,39H,12-13,15H2,1-2H3,(H2,31,41)(H2,32,44)(H,33,34)(H,35,42)(H,36,43)(H,37,40)/t17-,18+,23+,30?/m1/s1. The van der Waals surface area contributed by atoms with Crippen molar-refractivity contribution in [1.82, 2.24) is 20.9 Å². The van der Waals surface area contributed by atoms with Crippen molar-refractivity contribution in [2.45, 2.75) is 44.3 Å². The maximum atomic E-state index is 13.5. The van der Waals surface area contributed by atoms with E-state index in [0.717, 1.165) is 11.3 Å². The summed E-state index contributed by atoms with van der Waals surface area (Å²) in [4.78, 5) is 80.0. The highest BCUT2D eigenvalue weighted by atomic mass is 32.1. The molecule has 1 unspecified atom stereocenters. The molecule has 0 bridgehead atoms. The summed E-state index contributed by atoms with van der Waals surface area (Å²) in [6.45, 7) is 2.43. The molecule has 0 spiro atoms. The Labute approximate surface area is 263 Å². The molecule has 3 aromatic rings. The zero-order valence-electron chi connectivity index (χ0n) is 24.6. The van der Waals surface area contributed by atoms with E-state index in [0.29, 0.717) is 27.4 Å². The molecular weight excluding hydrogens is 602 g/mol. The molecule has 3 rings (SSSR count). The van der Waals surface area contributed by atoms with E-state index in [1.165, 1.54) is 32.2 Å². The molecule has 5 amide bonds. The predicted molar refractivity (Wildman–Crippen MR) is 166 cm³/mol. The zero-order chi connectivity index (χ0) is 33.1. The molecule has 0 aliphatic heterocycles.